The molecular weight excluding hydrogens is 168 g/mol. The minimum atomic E-state index is 0.113. The van der Waals surface area contributed by atoms with Gasteiger partial charge in [0.25, 0.3) is 0 Å². The molecule has 0 unspecified atom stereocenters. The molecule has 14 heavy (non-hydrogen) atoms. The van der Waals surface area contributed by atoms with Crippen LogP contribution in [0.1, 0.15) is 42.7 Å². The normalized spacial score (nSPS) is 22.8. The summed E-state index contributed by atoms with van der Waals surface area (Å²) in [7, 11) is 0. The molecule has 70 valence electrons. The van der Waals surface area contributed by atoms with Crippen molar-refractivity contribution in [3.8, 4) is 12.3 Å². The van der Waals surface area contributed by atoms with Crippen LogP contribution in [0.15, 0.2) is 24.3 Å². The van der Waals surface area contributed by atoms with Crippen LogP contribution in [-0.2, 0) is 5.41 Å². The highest BCUT2D eigenvalue weighted by Crippen LogP contribution is 2.48. The lowest BCUT2D eigenvalue weighted by Gasteiger charge is -2.08. The second-order valence-electron chi connectivity index (χ2n) is 4.62. The molecule has 0 aliphatic heterocycles. The zero-order valence-corrected chi connectivity index (χ0v) is 8.29. The smallest absolute Gasteiger partial charge is 0.0561 e. The third kappa shape index (κ3) is 1.16. The molecule has 2 fully saturated rings. The Hall–Kier alpha value is -1.22. The minimum Gasteiger partial charge on any atom is -0.119 e. The van der Waals surface area contributed by atoms with E-state index in [1.807, 2.05) is 0 Å². The topological polar surface area (TPSA) is 0 Å². The SMILES string of the molecule is C#CC1(c2ccc(C3CC3)cc2)CC1. The fraction of sp³-hybridized carbons (Fsp3) is 0.429. The Kier molecular flexibility index (Phi) is 1.53. The van der Waals surface area contributed by atoms with Gasteiger partial charge in [-0.05, 0) is 42.7 Å². The fourth-order valence-corrected chi connectivity index (χ4v) is 2.13. The van der Waals surface area contributed by atoms with Crippen molar-refractivity contribution >= 4 is 0 Å². The van der Waals surface area contributed by atoms with Gasteiger partial charge in [0.05, 0.1) is 5.41 Å². The lowest BCUT2D eigenvalue weighted by molar-refractivity contribution is 0.927. The molecule has 0 spiro atoms. The van der Waals surface area contributed by atoms with Crippen LogP contribution >= 0.6 is 0 Å². The van der Waals surface area contributed by atoms with Crippen LogP contribution in [0.25, 0.3) is 0 Å². The van der Waals surface area contributed by atoms with Crippen LogP contribution < -0.4 is 0 Å². The van der Waals surface area contributed by atoms with Crippen LogP contribution in [0.3, 0.4) is 0 Å². The number of terminal acetylenes is 1. The maximum absolute atomic E-state index is 5.56. The second-order valence-corrected chi connectivity index (χ2v) is 4.62. The Morgan fingerprint density at radius 3 is 2.21 bits per heavy atom. The van der Waals surface area contributed by atoms with Crippen molar-refractivity contribution in [1.82, 2.24) is 0 Å². The van der Waals surface area contributed by atoms with Gasteiger partial charge in [0.1, 0.15) is 0 Å². The largest absolute Gasteiger partial charge is 0.119 e. The molecule has 1 aromatic rings. The maximum atomic E-state index is 5.56. The molecule has 0 saturated heterocycles. The fourth-order valence-electron chi connectivity index (χ4n) is 2.13. The molecule has 0 radical (unpaired) electrons. The van der Waals surface area contributed by atoms with Gasteiger partial charge in [0.15, 0.2) is 0 Å². The molecule has 2 saturated carbocycles. The highest BCUT2D eigenvalue weighted by atomic mass is 14.4. The summed E-state index contributed by atoms with van der Waals surface area (Å²) in [5, 5.41) is 0. The van der Waals surface area contributed by atoms with Gasteiger partial charge in [-0.1, -0.05) is 30.2 Å². The van der Waals surface area contributed by atoms with Crippen molar-refractivity contribution in [2.24, 2.45) is 0 Å². The lowest BCUT2D eigenvalue weighted by Crippen LogP contribution is -2.01. The van der Waals surface area contributed by atoms with E-state index in [1.54, 1.807) is 0 Å². The Balaban J connectivity index is 1.90. The summed E-state index contributed by atoms with van der Waals surface area (Å²) >= 11 is 0. The summed E-state index contributed by atoms with van der Waals surface area (Å²) in [6, 6.07) is 9.01. The van der Waals surface area contributed by atoms with Crippen molar-refractivity contribution in [3.63, 3.8) is 0 Å². The Bertz CT molecular complexity index is 383. The Morgan fingerprint density at radius 2 is 1.79 bits per heavy atom. The zero-order valence-electron chi connectivity index (χ0n) is 8.29. The molecule has 0 heterocycles. The van der Waals surface area contributed by atoms with Crippen LogP contribution in [0.2, 0.25) is 0 Å². The summed E-state index contributed by atoms with van der Waals surface area (Å²) < 4.78 is 0. The molecule has 2 aliphatic carbocycles. The van der Waals surface area contributed by atoms with Crippen molar-refractivity contribution in [2.45, 2.75) is 37.0 Å². The summed E-state index contributed by atoms with van der Waals surface area (Å²) in [5.74, 6) is 3.78. The van der Waals surface area contributed by atoms with Crippen LogP contribution in [0, 0.1) is 12.3 Å². The first-order valence-corrected chi connectivity index (χ1v) is 5.42. The highest BCUT2D eigenvalue weighted by molar-refractivity contribution is 5.42. The van der Waals surface area contributed by atoms with Crippen molar-refractivity contribution in [1.29, 1.82) is 0 Å². The van der Waals surface area contributed by atoms with E-state index in [0.717, 1.165) is 5.92 Å². The summed E-state index contributed by atoms with van der Waals surface area (Å²) in [6.45, 7) is 0. The lowest BCUT2D eigenvalue weighted by atomic mass is 9.95. The molecule has 0 aromatic heterocycles. The average molecular weight is 182 g/mol. The third-order valence-electron chi connectivity index (χ3n) is 3.54. The van der Waals surface area contributed by atoms with Gasteiger partial charge in [-0.2, -0.15) is 0 Å². The van der Waals surface area contributed by atoms with Crippen LogP contribution in [-0.4, -0.2) is 0 Å². The molecule has 0 nitrogen and oxygen atoms in total. The van der Waals surface area contributed by atoms with Crippen LogP contribution in [0.4, 0.5) is 0 Å². The Labute approximate surface area is 85.3 Å². The van der Waals surface area contributed by atoms with Gasteiger partial charge in [-0.3, -0.25) is 0 Å². The van der Waals surface area contributed by atoms with E-state index < -0.39 is 0 Å². The van der Waals surface area contributed by atoms with E-state index in [-0.39, 0.29) is 5.41 Å². The van der Waals surface area contributed by atoms with Gasteiger partial charge >= 0.3 is 0 Å². The molecule has 0 atom stereocenters. The van der Waals surface area contributed by atoms with Crippen molar-refractivity contribution in [3.05, 3.63) is 35.4 Å². The van der Waals surface area contributed by atoms with Crippen molar-refractivity contribution < 1.29 is 0 Å². The summed E-state index contributed by atoms with van der Waals surface area (Å²) in [5.41, 5.74) is 2.97. The maximum Gasteiger partial charge on any atom is 0.0561 e. The quantitative estimate of drug-likeness (QED) is 0.616. The van der Waals surface area contributed by atoms with E-state index in [4.69, 9.17) is 6.42 Å². The standard InChI is InChI=1S/C14H14/c1-2-14(9-10-14)13-7-5-12(6-8-13)11-3-4-11/h1,5-8,11H,3-4,9-10H2. The van der Waals surface area contributed by atoms with Crippen molar-refractivity contribution in [2.75, 3.05) is 0 Å². The van der Waals surface area contributed by atoms with E-state index >= 15 is 0 Å². The average Bonchev–Trinajstić information content (AvgIpc) is 3.12. The Morgan fingerprint density at radius 1 is 1.14 bits per heavy atom. The molecular formula is C14H14. The number of hydrogen-bond acceptors (Lipinski definition) is 0. The highest BCUT2D eigenvalue weighted by Gasteiger charge is 2.42. The number of benzene rings is 1. The minimum absolute atomic E-state index is 0.113. The summed E-state index contributed by atoms with van der Waals surface area (Å²) in [4.78, 5) is 0. The molecule has 0 N–H and O–H groups in total. The van der Waals surface area contributed by atoms with Gasteiger partial charge in [-0.15, -0.1) is 6.42 Å². The second kappa shape index (κ2) is 2.64. The van der Waals surface area contributed by atoms with E-state index in [9.17, 15) is 0 Å². The van der Waals surface area contributed by atoms with Gasteiger partial charge < -0.3 is 0 Å². The first-order valence-electron chi connectivity index (χ1n) is 5.42. The first-order chi connectivity index (χ1) is 6.84. The third-order valence-corrected chi connectivity index (χ3v) is 3.54. The van der Waals surface area contributed by atoms with Crippen LogP contribution in [0.5, 0.6) is 0 Å². The van der Waals surface area contributed by atoms with E-state index in [2.05, 4.69) is 30.2 Å². The van der Waals surface area contributed by atoms with Gasteiger partial charge in [0, 0.05) is 0 Å². The zero-order chi connectivity index (χ0) is 9.60. The predicted molar refractivity (Wildman–Crippen MR) is 58.2 cm³/mol. The number of rotatable bonds is 2. The van der Waals surface area contributed by atoms with E-state index in [1.165, 1.54) is 36.8 Å². The van der Waals surface area contributed by atoms with Gasteiger partial charge in [0.2, 0.25) is 0 Å². The molecule has 3 rings (SSSR count). The van der Waals surface area contributed by atoms with E-state index in [0.29, 0.717) is 0 Å². The monoisotopic (exact) mass is 182 g/mol. The summed E-state index contributed by atoms with van der Waals surface area (Å²) in [6.07, 6.45) is 10.7. The molecule has 0 amide bonds. The predicted octanol–water partition coefficient (Wildman–Crippen LogP) is 3.23. The number of hydrogen-bond donors (Lipinski definition) is 0. The molecule has 1 aromatic carbocycles. The first kappa shape index (κ1) is 8.12. The molecule has 2 aliphatic rings. The van der Waals surface area contributed by atoms with Gasteiger partial charge in [-0.25, -0.2) is 0 Å². The molecule has 0 bridgehead atoms. The molecule has 0 heteroatoms.